The van der Waals surface area contributed by atoms with Crippen LogP contribution in [0.2, 0.25) is 0 Å². The molecule has 1 unspecified atom stereocenters. The number of rotatable bonds is 3. The Kier molecular flexibility index (Phi) is 3.72. The van der Waals surface area contributed by atoms with Gasteiger partial charge in [-0.2, -0.15) is 13.2 Å². The molecule has 0 heterocycles. The number of hydrogen-bond donors (Lipinski definition) is 2. The van der Waals surface area contributed by atoms with Gasteiger partial charge in [0.15, 0.2) is 0 Å². The minimum Gasteiger partial charge on any atom is -0.370 e. The van der Waals surface area contributed by atoms with Gasteiger partial charge in [-0.05, 0) is 23.8 Å². The lowest BCUT2D eigenvalue weighted by Gasteiger charge is -2.17. The predicted molar refractivity (Wildman–Crippen MR) is 52.1 cm³/mol. The van der Waals surface area contributed by atoms with Gasteiger partial charge < -0.3 is 11.5 Å². The van der Waals surface area contributed by atoms with Crippen molar-refractivity contribution in [3.63, 3.8) is 0 Å². The fourth-order valence-corrected chi connectivity index (χ4v) is 1.43. The Morgan fingerprint density at radius 2 is 1.94 bits per heavy atom. The summed E-state index contributed by atoms with van der Waals surface area (Å²) in [6, 6.07) is 0.658. The standard InChI is InChI=1S/C10H10F4N2O/c11-5-1-2-7(10(12,13)14)6(3-5)8(15)4-9(16)17/h1-3,8H,4,15H2,(H2,16,17). The summed E-state index contributed by atoms with van der Waals surface area (Å²) in [7, 11) is 0. The molecule has 1 aromatic rings. The van der Waals surface area contributed by atoms with E-state index >= 15 is 0 Å². The molecule has 0 aliphatic rings. The van der Waals surface area contributed by atoms with Crippen molar-refractivity contribution >= 4 is 5.91 Å². The smallest absolute Gasteiger partial charge is 0.370 e. The third kappa shape index (κ3) is 3.42. The molecule has 3 nitrogen and oxygen atoms in total. The van der Waals surface area contributed by atoms with Crippen molar-refractivity contribution in [2.24, 2.45) is 11.5 Å². The Morgan fingerprint density at radius 1 is 1.35 bits per heavy atom. The van der Waals surface area contributed by atoms with Crippen LogP contribution >= 0.6 is 0 Å². The van der Waals surface area contributed by atoms with E-state index in [1.54, 1.807) is 0 Å². The van der Waals surface area contributed by atoms with E-state index < -0.39 is 41.5 Å². The predicted octanol–water partition coefficient (Wildman–Crippen LogP) is 1.72. The van der Waals surface area contributed by atoms with E-state index in [0.29, 0.717) is 18.2 Å². The maximum absolute atomic E-state index is 12.9. The highest BCUT2D eigenvalue weighted by atomic mass is 19.4. The van der Waals surface area contributed by atoms with Crippen LogP contribution in [0.3, 0.4) is 0 Å². The Hall–Kier alpha value is -1.63. The van der Waals surface area contributed by atoms with Gasteiger partial charge in [0.25, 0.3) is 0 Å². The van der Waals surface area contributed by atoms with E-state index in [1.165, 1.54) is 0 Å². The Morgan fingerprint density at radius 3 is 2.41 bits per heavy atom. The number of carbonyl (C=O) groups is 1. The summed E-state index contributed by atoms with van der Waals surface area (Å²) in [5.41, 5.74) is 8.69. The second-order valence-corrected chi connectivity index (χ2v) is 3.51. The number of alkyl halides is 3. The van der Waals surface area contributed by atoms with Crippen LogP contribution in [0.5, 0.6) is 0 Å². The molecule has 17 heavy (non-hydrogen) atoms. The molecule has 1 aromatic carbocycles. The lowest BCUT2D eigenvalue weighted by atomic mass is 9.98. The largest absolute Gasteiger partial charge is 0.416 e. The number of nitrogens with two attached hydrogens (primary N) is 2. The van der Waals surface area contributed by atoms with Crippen LogP contribution in [0.25, 0.3) is 0 Å². The number of hydrogen-bond acceptors (Lipinski definition) is 2. The minimum absolute atomic E-state index is 0.476. The zero-order chi connectivity index (χ0) is 13.2. The van der Waals surface area contributed by atoms with Gasteiger partial charge in [-0.1, -0.05) is 0 Å². The Balaban J connectivity index is 3.20. The summed E-state index contributed by atoms with van der Waals surface area (Å²) < 4.78 is 50.6. The molecule has 4 N–H and O–H groups in total. The first-order chi connectivity index (χ1) is 7.71. The first kappa shape index (κ1) is 13.4. The number of primary amides is 1. The second kappa shape index (κ2) is 4.70. The molecule has 0 aromatic heterocycles. The highest BCUT2D eigenvalue weighted by molar-refractivity contribution is 5.74. The van der Waals surface area contributed by atoms with Crippen LogP contribution < -0.4 is 11.5 Å². The maximum atomic E-state index is 12.9. The van der Waals surface area contributed by atoms with Crippen LogP contribution in [-0.2, 0) is 11.0 Å². The molecule has 0 spiro atoms. The van der Waals surface area contributed by atoms with Gasteiger partial charge in [-0.15, -0.1) is 0 Å². The molecule has 0 saturated heterocycles. The summed E-state index contributed by atoms with van der Waals surface area (Å²) in [5, 5.41) is 0. The highest BCUT2D eigenvalue weighted by Crippen LogP contribution is 2.35. The third-order valence-electron chi connectivity index (χ3n) is 2.14. The molecule has 0 fully saturated rings. The fourth-order valence-electron chi connectivity index (χ4n) is 1.43. The molecule has 0 radical (unpaired) electrons. The monoisotopic (exact) mass is 250 g/mol. The van der Waals surface area contributed by atoms with Gasteiger partial charge in [0.2, 0.25) is 5.91 Å². The van der Waals surface area contributed by atoms with Crippen LogP contribution in [0.4, 0.5) is 17.6 Å². The van der Waals surface area contributed by atoms with Crippen molar-refractivity contribution in [2.45, 2.75) is 18.6 Å². The molecule has 1 rings (SSSR count). The van der Waals surface area contributed by atoms with Crippen molar-refractivity contribution in [2.75, 3.05) is 0 Å². The molecule has 0 saturated carbocycles. The van der Waals surface area contributed by atoms with E-state index in [0.717, 1.165) is 0 Å². The number of carbonyl (C=O) groups excluding carboxylic acids is 1. The first-order valence-corrected chi connectivity index (χ1v) is 4.62. The van der Waals surface area contributed by atoms with Gasteiger partial charge in [0.05, 0.1) is 5.56 Å². The zero-order valence-corrected chi connectivity index (χ0v) is 8.59. The van der Waals surface area contributed by atoms with Crippen LogP contribution in [0.15, 0.2) is 18.2 Å². The molecule has 7 heteroatoms. The van der Waals surface area contributed by atoms with E-state index in [2.05, 4.69) is 0 Å². The Bertz CT molecular complexity index is 431. The van der Waals surface area contributed by atoms with Crippen molar-refractivity contribution in [1.29, 1.82) is 0 Å². The fraction of sp³-hybridized carbons (Fsp3) is 0.300. The van der Waals surface area contributed by atoms with Gasteiger partial charge in [0.1, 0.15) is 5.82 Å². The van der Waals surface area contributed by atoms with Gasteiger partial charge in [0, 0.05) is 12.5 Å². The highest BCUT2D eigenvalue weighted by Gasteiger charge is 2.35. The molecule has 0 aliphatic heterocycles. The van der Waals surface area contributed by atoms with Crippen LogP contribution in [-0.4, -0.2) is 5.91 Å². The van der Waals surface area contributed by atoms with Gasteiger partial charge >= 0.3 is 6.18 Å². The summed E-state index contributed by atoms with van der Waals surface area (Å²) in [6.07, 6.45) is -5.13. The van der Waals surface area contributed by atoms with Crippen molar-refractivity contribution in [3.05, 3.63) is 35.1 Å². The molecule has 0 aliphatic carbocycles. The van der Waals surface area contributed by atoms with Gasteiger partial charge in [-0.3, -0.25) is 4.79 Å². The molecular weight excluding hydrogens is 240 g/mol. The SMILES string of the molecule is NC(=O)CC(N)c1cc(F)ccc1C(F)(F)F. The van der Waals surface area contributed by atoms with E-state index in [4.69, 9.17) is 11.5 Å². The average Bonchev–Trinajstić information content (AvgIpc) is 2.14. The van der Waals surface area contributed by atoms with Crippen LogP contribution in [0, 0.1) is 5.82 Å². The molecular formula is C10H10F4N2O. The maximum Gasteiger partial charge on any atom is 0.416 e. The summed E-state index contributed by atoms with van der Waals surface area (Å²) in [4.78, 5) is 10.6. The van der Waals surface area contributed by atoms with Crippen molar-refractivity contribution in [1.82, 2.24) is 0 Å². The average molecular weight is 250 g/mol. The zero-order valence-electron chi connectivity index (χ0n) is 8.59. The minimum atomic E-state index is -4.65. The molecule has 94 valence electrons. The number of benzene rings is 1. The quantitative estimate of drug-likeness (QED) is 0.802. The summed E-state index contributed by atoms with van der Waals surface area (Å²) in [6.45, 7) is 0. The lowest BCUT2D eigenvalue weighted by Crippen LogP contribution is -2.23. The summed E-state index contributed by atoms with van der Waals surface area (Å²) >= 11 is 0. The Labute approximate surface area is 94.4 Å². The second-order valence-electron chi connectivity index (χ2n) is 3.51. The molecule has 0 bridgehead atoms. The van der Waals surface area contributed by atoms with Crippen molar-refractivity contribution < 1.29 is 22.4 Å². The van der Waals surface area contributed by atoms with E-state index in [1.807, 2.05) is 0 Å². The van der Waals surface area contributed by atoms with E-state index in [9.17, 15) is 22.4 Å². The third-order valence-corrected chi connectivity index (χ3v) is 2.14. The number of halogens is 4. The van der Waals surface area contributed by atoms with Crippen molar-refractivity contribution in [3.8, 4) is 0 Å². The normalized spacial score (nSPS) is 13.5. The van der Waals surface area contributed by atoms with E-state index in [-0.39, 0.29) is 0 Å². The van der Waals surface area contributed by atoms with Crippen LogP contribution in [0.1, 0.15) is 23.6 Å². The molecule has 1 amide bonds. The van der Waals surface area contributed by atoms with Gasteiger partial charge in [-0.25, -0.2) is 4.39 Å². The molecule has 1 atom stereocenters. The first-order valence-electron chi connectivity index (χ1n) is 4.62. The number of amides is 1. The summed E-state index contributed by atoms with van der Waals surface area (Å²) in [5.74, 6) is -1.71. The topological polar surface area (TPSA) is 69.1 Å². The lowest BCUT2D eigenvalue weighted by molar-refractivity contribution is -0.138.